The predicted octanol–water partition coefficient (Wildman–Crippen LogP) is 3.63. The van der Waals surface area contributed by atoms with E-state index in [1.807, 2.05) is 0 Å². The van der Waals surface area contributed by atoms with Crippen LogP contribution < -0.4 is 10.6 Å². The summed E-state index contributed by atoms with van der Waals surface area (Å²) in [6.45, 7) is 2.07. The number of guanidine groups is 1. The van der Waals surface area contributed by atoms with Crippen LogP contribution >= 0.6 is 24.0 Å². The van der Waals surface area contributed by atoms with Crippen LogP contribution in [0.3, 0.4) is 0 Å². The maximum absolute atomic E-state index is 13.4. The molecule has 0 aliphatic rings. The van der Waals surface area contributed by atoms with Crippen molar-refractivity contribution in [1.82, 2.24) is 10.6 Å². The Hall–Kier alpha value is -1.13. The summed E-state index contributed by atoms with van der Waals surface area (Å²) < 4.78 is 62.6. The molecule has 0 aliphatic carbocycles. The van der Waals surface area contributed by atoms with Crippen LogP contribution in [0.25, 0.3) is 0 Å². The number of aliphatic imine (C=N–C) groups is 1. The zero-order valence-corrected chi connectivity index (χ0v) is 14.8. The number of nitrogens with zero attached hydrogens (tertiary/aromatic N) is 1. The number of halogens is 6. The molecule has 0 fully saturated rings. The van der Waals surface area contributed by atoms with Gasteiger partial charge in [0.1, 0.15) is 11.6 Å². The average Bonchev–Trinajstić information content (AvgIpc) is 2.41. The molecule has 0 heterocycles. The van der Waals surface area contributed by atoms with Crippen molar-refractivity contribution in [3.8, 4) is 0 Å². The lowest BCUT2D eigenvalue weighted by atomic mass is 10.1. The highest BCUT2D eigenvalue weighted by molar-refractivity contribution is 14.0. The molecule has 132 valence electrons. The van der Waals surface area contributed by atoms with E-state index in [4.69, 9.17) is 0 Å². The Bertz CT molecular complexity index is 506. The zero-order chi connectivity index (χ0) is 16.6. The van der Waals surface area contributed by atoms with E-state index >= 15 is 0 Å². The van der Waals surface area contributed by atoms with Gasteiger partial charge >= 0.3 is 6.18 Å². The molecular weight excluding hydrogens is 432 g/mol. The maximum Gasteiger partial charge on any atom is 0.390 e. The fourth-order valence-electron chi connectivity index (χ4n) is 1.69. The first-order valence-electron chi connectivity index (χ1n) is 6.84. The molecule has 0 saturated heterocycles. The molecular formula is C14H19F5IN3. The third-order valence-electron chi connectivity index (χ3n) is 2.70. The molecule has 2 N–H and O–H groups in total. The summed E-state index contributed by atoms with van der Waals surface area (Å²) in [6.07, 6.45) is -5.08. The van der Waals surface area contributed by atoms with Gasteiger partial charge in [0, 0.05) is 13.1 Å². The van der Waals surface area contributed by atoms with Crippen molar-refractivity contribution >= 4 is 29.9 Å². The molecule has 1 aromatic carbocycles. The van der Waals surface area contributed by atoms with Gasteiger partial charge in [-0.2, -0.15) is 13.2 Å². The second-order valence-electron chi connectivity index (χ2n) is 4.54. The van der Waals surface area contributed by atoms with Crippen molar-refractivity contribution in [2.75, 3.05) is 19.6 Å². The third-order valence-corrected chi connectivity index (χ3v) is 2.70. The highest BCUT2D eigenvalue weighted by atomic mass is 127. The van der Waals surface area contributed by atoms with Gasteiger partial charge in [-0.1, -0.05) is 0 Å². The minimum absolute atomic E-state index is 0. The molecule has 0 radical (unpaired) electrons. The summed E-state index contributed by atoms with van der Waals surface area (Å²) in [5.74, 6) is -0.854. The largest absolute Gasteiger partial charge is 0.390 e. The van der Waals surface area contributed by atoms with Gasteiger partial charge in [0.2, 0.25) is 0 Å². The van der Waals surface area contributed by atoms with Gasteiger partial charge in [-0.3, -0.25) is 4.99 Å². The quantitative estimate of drug-likeness (QED) is 0.300. The molecule has 3 nitrogen and oxygen atoms in total. The van der Waals surface area contributed by atoms with Crippen LogP contribution in [0.4, 0.5) is 22.0 Å². The van der Waals surface area contributed by atoms with Crippen LogP contribution in [0.15, 0.2) is 23.2 Å². The predicted molar refractivity (Wildman–Crippen MR) is 90.1 cm³/mol. The lowest BCUT2D eigenvalue weighted by molar-refractivity contribution is -0.132. The molecule has 9 heteroatoms. The number of nitrogens with one attached hydrogen (secondary N) is 2. The SMILES string of the molecule is CCNC(=NCCC(F)(F)F)NCCc1cc(F)ccc1F.I. The maximum atomic E-state index is 13.4. The van der Waals surface area contributed by atoms with E-state index in [0.29, 0.717) is 6.54 Å². The van der Waals surface area contributed by atoms with Crippen LogP contribution in [0.2, 0.25) is 0 Å². The number of benzene rings is 1. The van der Waals surface area contributed by atoms with E-state index in [0.717, 1.165) is 18.2 Å². The standard InChI is InChI=1S/C14H18F5N3.HI/c1-2-20-13(22-8-6-14(17,18)19)21-7-5-10-9-11(15)3-4-12(10)16;/h3-4,9H,2,5-8H2,1H3,(H2,20,21,22);1H. The molecule has 23 heavy (non-hydrogen) atoms. The molecule has 1 rings (SSSR count). The number of hydrogen-bond acceptors (Lipinski definition) is 1. The normalized spacial score (nSPS) is 11.8. The molecule has 1 aromatic rings. The van der Waals surface area contributed by atoms with Gasteiger partial charge in [0.25, 0.3) is 0 Å². The van der Waals surface area contributed by atoms with Gasteiger partial charge in [0.05, 0.1) is 13.0 Å². The van der Waals surface area contributed by atoms with E-state index in [1.165, 1.54) is 0 Å². The highest BCUT2D eigenvalue weighted by Crippen LogP contribution is 2.18. The van der Waals surface area contributed by atoms with Gasteiger partial charge in [0.15, 0.2) is 5.96 Å². The van der Waals surface area contributed by atoms with Crippen LogP contribution in [0.5, 0.6) is 0 Å². The monoisotopic (exact) mass is 451 g/mol. The second-order valence-corrected chi connectivity index (χ2v) is 4.54. The highest BCUT2D eigenvalue weighted by Gasteiger charge is 2.26. The number of alkyl halides is 3. The zero-order valence-electron chi connectivity index (χ0n) is 12.5. The molecule has 0 aromatic heterocycles. The van der Waals surface area contributed by atoms with Crippen molar-refractivity contribution in [2.24, 2.45) is 4.99 Å². The minimum atomic E-state index is -4.26. The number of rotatable bonds is 6. The molecule has 0 atom stereocenters. The van der Waals surface area contributed by atoms with Crippen LogP contribution in [-0.4, -0.2) is 31.8 Å². The Kier molecular flexibility index (Phi) is 10.1. The Morgan fingerprint density at radius 3 is 2.48 bits per heavy atom. The summed E-state index contributed by atoms with van der Waals surface area (Å²) in [5.41, 5.74) is 0.193. The smallest absolute Gasteiger partial charge is 0.357 e. The molecule has 0 spiro atoms. The van der Waals surface area contributed by atoms with Gasteiger partial charge in [-0.05, 0) is 37.1 Å². The summed E-state index contributed by atoms with van der Waals surface area (Å²) in [5, 5.41) is 5.57. The van der Waals surface area contributed by atoms with Crippen molar-refractivity contribution in [3.63, 3.8) is 0 Å². The lowest BCUT2D eigenvalue weighted by Crippen LogP contribution is -2.38. The molecule has 0 unspecified atom stereocenters. The molecule has 0 saturated carbocycles. The topological polar surface area (TPSA) is 36.4 Å². The van der Waals surface area contributed by atoms with Crippen molar-refractivity contribution in [2.45, 2.75) is 25.9 Å². The van der Waals surface area contributed by atoms with Gasteiger partial charge in [-0.25, -0.2) is 8.78 Å². The lowest BCUT2D eigenvalue weighted by Gasteiger charge is -2.12. The van der Waals surface area contributed by atoms with E-state index in [1.54, 1.807) is 6.92 Å². The Balaban J connectivity index is 0.00000484. The first kappa shape index (κ1) is 21.9. The third kappa shape index (κ3) is 9.57. The van der Waals surface area contributed by atoms with Gasteiger partial charge < -0.3 is 10.6 Å². The Morgan fingerprint density at radius 1 is 1.17 bits per heavy atom. The first-order chi connectivity index (χ1) is 10.3. The minimum Gasteiger partial charge on any atom is -0.357 e. The summed E-state index contributed by atoms with van der Waals surface area (Å²) >= 11 is 0. The molecule has 0 amide bonds. The van der Waals surface area contributed by atoms with Crippen molar-refractivity contribution in [1.29, 1.82) is 0 Å². The van der Waals surface area contributed by atoms with E-state index in [-0.39, 0.29) is 48.5 Å². The van der Waals surface area contributed by atoms with Gasteiger partial charge in [-0.15, -0.1) is 24.0 Å². The summed E-state index contributed by atoms with van der Waals surface area (Å²) in [6, 6.07) is 3.15. The number of hydrogen-bond donors (Lipinski definition) is 2. The first-order valence-corrected chi connectivity index (χ1v) is 6.84. The van der Waals surface area contributed by atoms with Crippen LogP contribution in [0, 0.1) is 11.6 Å². The average molecular weight is 451 g/mol. The van der Waals surface area contributed by atoms with Crippen LogP contribution in [-0.2, 0) is 6.42 Å². The Labute approximate surface area is 148 Å². The fourth-order valence-corrected chi connectivity index (χ4v) is 1.69. The molecule has 0 aliphatic heterocycles. The Morgan fingerprint density at radius 2 is 1.87 bits per heavy atom. The van der Waals surface area contributed by atoms with Crippen molar-refractivity contribution < 1.29 is 22.0 Å². The van der Waals surface area contributed by atoms with E-state index in [2.05, 4.69) is 15.6 Å². The van der Waals surface area contributed by atoms with Crippen LogP contribution in [0.1, 0.15) is 18.9 Å². The molecule has 0 bridgehead atoms. The van der Waals surface area contributed by atoms with Crippen molar-refractivity contribution in [3.05, 3.63) is 35.4 Å². The summed E-state index contributed by atoms with van der Waals surface area (Å²) in [4.78, 5) is 3.78. The van der Waals surface area contributed by atoms with E-state index < -0.39 is 30.8 Å². The second kappa shape index (κ2) is 10.6. The fraction of sp³-hybridized carbons (Fsp3) is 0.500. The summed E-state index contributed by atoms with van der Waals surface area (Å²) in [7, 11) is 0. The van der Waals surface area contributed by atoms with E-state index in [9.17, 15) is 22.0 Å².